The molecule has 0 saturated heterocycles. The first-order valence-corrected chi connectivity index (χ1v) is 7.91. The molecular weight excluding hydrogens is 296 g/mol. The summed E-state index contributed by atoms with van der Waals surface area (Å²) in [6, 6.07) is 9.88. The molecule has 1 amide bonds. The van der Waals surface area contributed by atoms with E-state index in [1.807, 2.05) is 48.7 Å². The van der Waals surface area contributed by atoms with Crippen molar-refractivity contribution >= 4 is 17.7 Å². The molecule has 0 bridgehead atoms. The van der Waals surface area contributed by atoms with Crippen LogP contribution < -0.4 is 5.32 Å². The van der Waals surface area contributed by atoms with Crippen molar-refractivity contribution in [2.75, 3.05) is 6.54 Å². The lowest BCUT2D eigenvalue weighted by molar-refractivity contribution is -0.120. The summed E-state index contributed by atoms with van der Waals surface area (Å²) in [5.41, 5.74) is 1.01. The number of hydrogen-bond donors (Lipinski definition) is 1. The molecule has 1 atom stereocenters. The van der Waals surface area contributed by atoms with E-state index >= 15 is 0 Å². The zero-order valence-corrected chi connectivity index (χ0v) is 13.4. The van der Waals surface area contributed by atoms with Gasteiger partial charge in [-0.1, -0.05) is 48.0 Å². The van der Waals surface area contributed by atoms with E-state index in [1.54, 1.807) is 0 Å². The summed E-state index contributed by atoms with van der Waals surface area (Å²) in [5, 5.41) is 11.6. The Bertz CT molecular complexity index is 675. The van der Waals surface area contributed by atoms with Gasteiger partial charge in [-0.15, -0.1) is 16.6 Å². The Hall–Kier alpha value is -2.26. The van der Waals surface area contributed by atoms with Crippen LogP contribution in [0.1, 0.15) is 13.8 Å². The first-order chi connectivity index (χ1) is 10.7. The molecule has 5 nitrogen and oxygen atoms in total. The van der Waals surface area contributed by atoms with E-state index in [4.69, 9.17) is 6.42 Å². The molecular formula is C16H18N4OS. The maximum Gasteiger partial charge on any atom is 0.234 e. The number of benzene rings is 1. The average molecular weight is 314 g/mol. The Morgan fingerprint density at radius 1 is 1.41 bits per heavy atom. The SMILES string of the molecule is C#CCNC(=O)C(C)Sc1nnc(-c2ccccc2)n1CC. The first-order valence-electron chi connectivity index (χ1n) is 7.03. The summed E-state index contributed by atoms with van der Waals surface area (Å²) in [5.74, 6) is 3.10. The quantitative estimate of drug-likeness (QED) is 0.656. The number of thioether (sulfide) groups is 1. The Morgan fingerprint density at radius 2 is 2.14 bits per heavy atom. The predicted octanol–water partition coefficient (Wildman–Crippen LogP) is 2.19. The van der Waals surface area contributed by atoms with E-state index < -0.39 is 0 Å². The van der Waals surface area contributed by atoms with E-state index in [1.165, 1.54) is 11.8 Å². The standard InChI is InChI=1S/C16H18N4OS/c1-4-11-17-15(21)12(3)22-16-19-18-14(20(16)5-2)13-9-7-6-8-10-13/h1,6-10,12H,5,11H2,2-3H3,(H,17,21). The Labute approximate surface area is 134 Å². The topological polar surface area (TPSA) is 59.8 Å². The van der Waals surface area contributed by atoms with Crippen molar-refractivity contribution in [2.24, 2.45) is 0 Å². The summed E-state index contributed by atoms with van der Waals surface area (Å²) in [4.78, 5) is 11.9. The van der Waals surface area contributed by atoms with Crippen LogP contribution in [0.2, 0.25) is 0 Å². The highest BCUT2D eigenvalue weighted by atomic mass is 32.2. The van der Waals surface area contributed by atoms with E-state index in [2.05, 4.69) is 21.4 Å². The number of amides is 1. The molecule has 2 rings (SSSR count). The third-order valence-electron chi connectivity index (χ3n) is 3.08. The molecule has 0 radical (unpaired) electrons. The number of hydrogen-bond acceptors (Lipinski definition) is 4. The lowest BCUT2D eigenvalue weighted by Gasteiger charge is -2.11. The number of nitrogens with zero attached hydrogens (tertiary/aromatic N) is 3. The molecule has 114 valence electrons. The fourth-order valence-electron chi connectivity index (χ4n) is 1.96. The van der Waals surface area contributed by atoms with Crippen LogP contribution in [0.3, 0.4) is 0 Å². The maximum absolute atomic E-state index is 11.9. The monoisotopic (exact) mass is 314 g/mol. The molecule has 0 saturated carbocycles. The van der Waals surface area contributed by atoms with Crippen molar-refractivity contribution in [3.63, 3.8) is 0 Å². The molecule has 0 aliphatic rings. The lowest BCUT2D eigenvalue weighted by Crippen LogP contribution is -2.31. The third-order valence-corrected chi connectivity index (χ3v) is 4.16. The molecule has 1 aromatic heterocycles. The molecule has 22 heavy (non-hydrogen) atoms. The zero-order chi connectivity index (χ0) is 15.9. The predicted molar refractivity (Wildman–Crippen MR) is 88.3 cm³/mol. The molecule has 0 fully saturated rings. The van der Waals surface area contributed by atoms with Crippen LogP contribution in [-0.2, 0) is 11.3 Å². The van der Waals surface area contributed by atoms with Crippen LogP contribution in [0, 0.1) is 12.3 Å². The molecule has 0 spiro atoms. The van der Waals surface area contributed by atoms with Crippen LogP contribution in [0.4, 0.5) is 0 Å². The van der Waals surface area contributed by atoms with E-state index in [9.17, 15) is 4.79 Å². The Morgan fingerprint density at radius 3 is 2.77 bits per heavy atom. The van der Waals surface area contributed by atoms with Crippen LogP contribution in [0.25, 0.3) is 11.4 Å². The number of carbonyl (C=O) groups excluding carboxylic acids is 1. The first kappa shape index (κ1) is 16.1. The van der Waals surface area contributed by atoms with Gasteiger partial charge in [0.05, 0.1) is 11.8 Å². The summed E-state index contributed by atoms with van der Waals surface area (Å²) >= 11 is 1.38. The molecule has 6 heteroatoms. The fraction of sp³-hybridized carbons (Fsp3) is 0.312. The van der Waals surface area contributed by atoms with Gasteiger partial charge in [-0.25, -0.2) is 0 Å². The molecule has 0 aliphatic carbocycles. The van der Waals surface area contributed by atoms with Crippen LogP contribution in [-0.4, -0.2) is 32.5 Å². The summed E-state index contributed by atoms with van der Waals surface area (Å²) in [7, 11) is 0. The zero-order valence-electron chi connectivity index (χ0n) is 12.6. The van der Waals surface area contributed by atoms with Gasteiger partial charge in [-0.05, 0) is 13.8 Å². The minimum atomic E-state index is -0.286. The second kappa shape index (κ2) is 7.66. The minimum Gasteiger partial charge on any atom is -0.344 e. The number of aromatic nitrogens is 3. The molecule has 1 unspecified atom stereocenters. The Balaban J connectivity index is 2.18. The second-order valence-electron chi connectivity index (χ2n) is 4.60. The van der Waals surface area contributed by atoms with Crippen LogP contribution in [0.15, 0.2) is 35.5 Å². The number of rotatable bonds is 6. The summed E-state index contributed by atoms with van der Waals surface area (Å²) in [6.07, 6.45) is 5.14. The van der Waals surface area contributed by atoms with Crippen molar-refractivity contribution in [1.82, 2.24) is 20.1 Å². The normalized spacial score (nSPS) is 11.7. The number of nitrogens with one attached hydrogen (secondary N) is 1. The number of carbonyl (C=O) groups is 1. The summed E-state index contributed by atoms with van der Waals surface area (Å²) < 4.78 is 2.00. The smallest absolute Gasteiger partial charge is 0.234 e. The highest BCUT2D eigenvalue weighted by Gasteiger charge is 2.19. The van der Waals surface area contributed by atoms with Crippen molar-refractivity contribution in [1.29, 1.82) is 0 Å². The largest absolute Gasteiger partial charge is 0.344 e. The maximum atomic E-state index is 11.9. The molecule has 1 N–H and O–H groups in total. The van der Waals surface area contributed by atoms with Gasteiger partial charge in [0.2, 0.25) is 5.91 Å². The lowest BCUT2D eigenvalue weighted by atomic mass is 10.2. The van der Waals surface area contributed by atoms with Crippen molar-refractivity contribution < 1.29 is 4.79 Å². The van der Waals surface area contributed by atoms with Gasteiger partial charge in [-0.3, -0.25) is 4.79 Å². The average Bonchev–Trinajstić information content (AvgIpc) is 2.95. The highest BCUT2D eigenvalue weighted by molar-refractivity contribution is 8.00. The van der Waals surface area contributed by atoms with E-state index in [-0.39, 0.29) is 17.7 Å². The van der Waals surface area contributed by atoms with E-state index in [0.717, 1.165) is 23.1 Å². The van der Waals surface area contributed by atoms with Gasteiger partial charge in [0, 0.05) is 12.1 Å². The minimum absolute atomic E-state index is 0.102. The van der Waals surface area contributed by atoms with Gasteiger partial charge in [-0.2, -0.15) is 0 Å². The van der Waals surface area contributed by atoms with Crippen LogP contribution >= 0.6 is 11.8 Å². The van der Waals surface area contributed by atoms with Gasteiger partial charge in [0.15, 0.2) is 11.0 Å². The molecule has 1 heterocycles. The van der Waals surface area contributed by atoms with Crippen molar-refractivity contribution in [3.05, 3.63) is 30.3 Å². The number of terminal acetylenes is 1. The van der Waals surface area contributed by atoms with Gasteiger partial charge in [0.1, 0.15) is 0 Å². The van der Waals surface area contributed by atoms with Crippen molar-refractivity contribution in [3.8, 4) is 23.7 Å². The molecule has 1 aromatic carbocycles. The highest BCUT2D eigenvalue weighted by Crippen LogP contribution is 2.26. The van der Waals surface area contributed by atoms with Crippen LogP contribution in [0.5, 0.6) is 0 Å². The van der Waals surface area contributed by atoms with Crippen molar-refractivity contribution in [2.45, 2.75) is 30.8 Å². The summed E-state index contributed by atoms with van der Waals surface area (Å²) in [6.45, 7) is 4.83. The van der Waals surface area contributed by atoms with E-state index in [0.29, 0.717) is 0 Å². The molecule has 2 aromatic rings. The van der Waals surface area contributed by atoms with Gasteiger partial charge >= 0.3 is 0 Å². The molecule has 0 aliphatic heterocycles. The van der Waals surface area contributed by atoms with Gasteiger partial charge in [0.25, 0.3) is 0 Å². The second-order valence-corrected chi connectivity index (χ2v) is 5.91. The fourth-order valence-corrected chi connectivity index (χ4v) is 2.89. The Kier molecular flexibility index (Phi) is 5.61. The third kappa shape index (κ3) is 3.68. The van der Waals surface area contributed by atoms with Gasteiger partial charge < -0.3 is 9.88 Å².